The summed E-state index contributed by atoms with van der Waals surface area (Å²) >= 11 is 8.11. The summed E-state index contributed by atoms with van der Waals surface area (Å²) in [5.74, 6) is -1.02. The van der Waals surface area contributed by atoms with Crippen molar-refractivity contribution >= 4 is 27.5 Å². The largest absolute Gasteiger partial charge is 0.265 e. The van der Waals surface area contributed by atoms with Gasteiger partial charge in [0.2, 0.25) is 5.95 Å². The molecule has 1 aromatic heterocycles. The molecule has 6 heteroatoms. The van der Waals surface area contributed by atoms with E-state index in [4.69, 9.17) is 11.6 Å². The van der Waals surface area contributed by atoms with Crippen molar-refractivity contribution in [2.45, 2.75) is 6.43 Å². The van der Waals surface area contributed by atoms with E-state index in [0.717, 1.165) is 0 Å². The van der Waals surface area contributed by atoms with Gasteiger partial charge in [0.05, 0.1) is 4.47 Å². The Labute approximate surface area is 79.7 Å². The number of halogens is 5. The van der Waals surface area contributed by atoms with Crippen molar-refractivity contribution in [3.05, 3.63) is 27.2 Å². The average molecular weight is 260 g/mol. The van der Waals surface area contributed by atoms with Gasteiger partial charge in [-0.15, -0.1) is 0 Å². The van der Waals surface area contributed by atoms with Crippen LogP contribution in [-0.2, 0) is 0 Å². The second-order valence-electron chi connectivity index (χ2n) is 1.94. The highest BCUT2D eigenvalue weighted by molar-refractivity contribution is 9.10. The summed E-state index contributed by atoms with van der Waals surface area (Å²) in [4.78, 5) is 3.13. The molecular weight excluding hydrogens is 258 g/mol. The van der Waals surface area contributed by atoms with Gasteiger partial charge in [-0.2, -0.15) is 4.39 Å². The highest BCUT2D eigenvalue weighted by Crippen LogP contribution is 2.31. The standard InChI is InChI=1S/C6H2BrClF3N/c7-4-2(6(10)11)1-3(9)12-5(4)8/h1,6H. The fraction of sp³-hybridized carbons (Fsp3) is 0.167. The monoisotopic (exact) mass is 259 g/mol. The van der Waals surface area contributed by atoms with Crippen molar-refractivity contribution in [1.82, 2.24) is 4.98 Å². The highest BCUT2D eigenvalue weighted by atomic mass is 79.9. The topological polar surface area (TPSA) is 12.9 Å². The van der Waals surface area contributed by atoms with Crippen LogP contribution in [0, 0.1) is 5.95 Å². The number of rotatable bonds is 1. The molecule has 0 radical (unpaired) electrons. The molecule has 1 heterocycles. The number of alkyl halides is 2. The zero-order valence-corrected chi connectivity index (χ0v) is 7.83. The summed E-state index contributed by atoms with van der Waals surface area (Å²) in [7, 11) is 0. The minimum atomic E-state index is -2.77. The first kappa shape index (κ1) is 9.80. The second-order valence-corrected chi connectivity index (χ2v) is 3.09. The molecule has 0 saturated carbocycles. The van der Waals surface area contributed by atoms with Gasteiger partial charge in [0.15, 0.2) is 0 Å². The van der Waals surface area contributed by atoms with Gasteiger partial charge < -0.3 is 0 Å². The van der Waals surface area contributed by atoms with E-state index in [9.17, 15) is 13.2 Å². The second kappa shape index (κ2) is 3.62. The smallest absolute Gasteiger partial charge is 0.207 e. The van der Waals surface area contributed by atoms with Crippen LogP contribution in [0.2, 0.25) is 5.15 Å². The maximum Gasteiger partial charge on any atom is 0.265 e. The van der Waals surface area contributed by atoms with Crippen molar-refractivity contribution in [3.8, 4) is 0 Å². The highest BCUT2D eigenvalue weighted by Gasteiger charge is 2.16. The molecule has 0 N–H and O–H groups in total. The molecule has 0 spiro atoms. The van der Waals surface area contributed by atoms with Crippen LogP contribution in [0.5, 0.6) is 0 Å². The zero-order chi connectivity index (χ0) is 9.30. The van der Waals surface area contributed by atoms with Crippen LogP contribution in [-0.4, -0.2) is 4.98 Å². The predicted molar refractivity (Wildman–Crippen MR) is 41.9 cm³/mol. The molecule has 1 rings (SSSR count). The minimum Gasteiger partial charge on any atom is -0.207 e. The molecule has 1 nitrogen and oxygen atoms in total. The predicted octanol–water partition coefficient (Wildman–Crippen LogP) is 3.57. The Morgan fingerprint density at radius 3 is 2.58 bits per heavy atom. The van der Waals surface area contributed by atoms with Gasteiger partial charge in [0.1, 0.15) is 5.15 Å². The zero-order valence-electron chi connectivity index (χ0n) is 5.49. The number of pyridine rings is 1. The van der Waals surface area contributed by atoms with E-state index in [2.05, 4.69) is 20.9 Å². The fourth-order valence-corrected chi connectivity index (χ4v) is 1.21. The maximum atomic E-state index is 12.4. The quantitative estimate of drug-likeness (QED) is 0.703. The first-order valence-corrected chi connectivity index (χ1v) is 3.99. The Morgan fingerprint density at radius 2 is 2.08 bits per heavy atom. The molecule has 0 aliphatic rings. The van der Waals surface area contributed by atoms with E-state index < -0.39 is 17.9 Å². The lowest BCUT2D eigenvalue weighted by atomic mass is 10.3. The van der Waals surface area contributed by atoms with Crippen molar-refractivity contribution < 1.29 is 13.2 Å². The van der Waals surface area contributed by atoms with Crippen molar-refractivity contribution in [3.63, 3.8) is 0 Å². The first-order chi connectivity index (χ1) is 5.52. The third-order valence-corrected chi connectivity index (χ3v) is 2.48. The molecule has 0 bridgehead atoms. The molecule has 0 amide bonds. The van der Waals surface area contributed by atoms with Crippen LogP contribution >= 0.6 is 27.5 Å². The molecule has 66 valence electrons. The lowest BCUT2D eigenvalue weighted by Gasteiger charge is -2.03. The Morgan fingerprint density at radius 1 is 1.50 bits per heavy atom. The molecule has 1 aromatic rings. The molecular formula is C6H2BrClF3N. The Balaban J connectivity index is 3.28. The normalized spacial score (nSPS) is 10.8. The third-order valence-electron chi connectivity index (χ3n) is 1.15. The summed E-state index contributed by atoms with van der Waals surface area (Å²) in [5, 5.41) is -0.301. The van der Waals surface area contributed by atoms with Crippen LogP contribution in [0.15, 0.2) is 10.5 Å². The van der Waals surface area contributed by atoms with Crippen LogP contribution in [0.1, 0.15) is 12.0 Å². The number of hydrogen-bond acceptors (Lipinski definition) is 1. The Bertz CT molecular complexity index is 305. The van der Waals surface area contributed by atoms with Gasteiger partial charge in [-0.1, -0.05) is 11.6 Å². The van der Waals surface area contributed by atoms with Crippen LogP contribution in [0.3, 0.4) is 0 Å². The van der Waals surface area contributed by atoms with E-state index in [1.165, 1.54) is 0 Å². The number of aromatic nitrogens is 1. The number of nitrogens with zero attached hydrogens (tertiary/aromatic N) is 1. The van der Waals surface area contributed by atoms with E-state index in [-0.39, 0.29) is 9.63 Å². The van der Waals surface area contributed by atoms with Gasteiger partial charge in [-0.05, 0) is 15.9 Å². The summed E-state index contributed by atoms with van der Waals surface area (Å²) in [6, 6.07) is 0.640. The van der Waals surface area contributed by atoms with Crippen LogP contribution in [0.4, 0.5) is 13.2 Å². The third kappa shape index (κ3) is 1.90. The van der Waals surface area contributed by atoms with Gasteiger partial charge >= 0.3 is 0 Å². The first-order valence-electron chi connectivity index (χ1n) is 2.82. The van der Waals surface area contributed by atoms with Crippen molar-refractivity contribution in [2.75, 3.05) is 0 Å². The van der Waals surface area contributed by atoms with Crippen molar-refractivity contribution in [2.24, 2.45) is 0 Å². The lowest BCUT2D eigenvalue weighted by Crippen LogP contribution is -1.93. The minimum absolute atomic E-state index is 0.0689. The summed E-state index contributed by atoms with van der Waals surface area (Å²) in [5.41, 5.74) is -0.493. The Hall–Kier alpha value is -0.290. The van der Waals surface area contributed by atoms with Gasteiger partial charge in [0.25, 0.3) is 6.43 Å². The van der Waals surface area contributed by atoms with E-state index in [1.54, 1.807) is 0 Å². The average Bonchev–Trinajstić information content (AvgIpc) is 1.96. The maximum absolute atomic E-state index is 12.4. The van der Waals surface area contributed by atoms with Gasteiger partial charge in [-0.25, -0.2) is 13.8 Å². The molecule has 0 aliphatic carbocycles. The molecule has 0 fully saturated rings. The van der Waals surface area contributed by atoms with Gasteiger partial charge in [0, 0.05) is 11.6 Å². The molecule has 0 unspecified atom stereocenters. The molecule has 0 saturated heterocycles. The number of hydrogen-bond donors (Lipinski definition) is 0. The SMILES string of the molecule is Fc1cc(C(F)F)c(Br)c(Cl)n1. The summed E-state index contributed by atoms with van der Waals surface area (Å²) in [6.07, 6.45) is -2.77. The van der Waals surface area contributed by atoms with Gasteiger partial charge in [-0.3, -0.25) is 0 Å². The van der Waals surface area contributed by atoms with E-state index in [1.807, 2.05) is 0 Å². The van der Waals surface area contributed by atoms with Crippen molar-refractivity contribution in [1.29, 1.82) is 0 Å². The molecule has 12 heavy (non-hydrogen) atoms. The summed E-state index contributed by atoms with van der Waals surface area (Å²) in [6.45, 7) is 0. The summed E-state index contributed by atoms with van der Waals surface area (Å²) < 4.78 is 36.6. The molecule has 0 aliphatic heterocycles. The van der Waals surface area contributed by atoms with Crippen LogP contribution in [0.25, 0.3) is 0 Å². The molecule has 0 aromatic carbocycles. The van der Waals surface area contributed by atoms with Crippen LogP contribution < -0.4 is 0 Å². The molecule has 0 atom stereocenters. The fourth-order valence-electron chi connectivity index (χ4n) is 0.645. The Kier molecular flexibility index (Phi) is 2.95. The van der Waals surface area contributed by atoms with E-state index >= 15 is 0 Å². The lowest BCUT2D eigenvalue weighted by molar-refractivity contribution is 0.150. The van der Waals surface area contributed by atoms with E-state index in [0.29, 0.717) is 6.07 Å².